The number of methoxy groups -OCH3 is 1. The number of hydrogen-bond donors (Lipinski definition) is 0. The molecule has 0 atom stereocenters. The molecule has 0 radical (unpaired) electrons. The second kappa shape index (κ2) is 7.57. The maximum atomic E-state index is 12.9. The summed E-state index contributed by atoms with van der Waals surface area (Å²) in [4.78, 5) is 1.90. The molecule has 0 aliphatic carbocycles. The first-order valence-electron chi connectivity index (χ1n) is 7.75. The SMILES string of the molecule is COc1ccc(N(c2ccc(I)cc2)c2ccc(C(F)(F)F)cc2)cc1. The molecule has 0 saturated heterocycles. The van der Waals surface area contributed by atoms with E-state index in [1.54, 1.807) is 7.11 Å². The monoisotopic (exact) mass is 469 g/mol. The zero-order chi connectivity index (χ0) is 18.7. The van der Waals surface area contributed by atoms with Crippen LogP contribution in [0.3, 0.4) is 0 Å². The fourth-order valence-electron chi connectivity index (χ4n) is 2.57. The molecule has 3 aromatic carbocycles. The van der Waals surface area contributed by atoms with Crippen LogP contribution in [0.1, 0.15) is 5.56 Å². The zero-order valence-electron chi connectivity index (χ0n) is 13.8. The lowest BCUT2D eigenvalue weighted by molar-refractivity contribution is -0.137. The van der Waals surface area contributed by atoms with E-state index in [1.807, 2.05) is 53.4 Å². The second-order valence-corrected chi connectivity index (χ2v) is 6.80. The van der Waals surface area contributed by atoms with Crippen molar-refractivity contribution in [3.63, 3.8) is 0 Å². The smallest absolute Gasteiger partial charge is 0.416 e. The average molecular weight is 469 g/mol. The molecule has 0 fully saturated rings. The first-order valence-corrected chi connectivity index (χ1v) is 8.83. The molecule has 0 spiro atoms. The molecule has 0 aromatic heterocycles. The van der Waals surface area contributed by atoms with Gasteiger partial charge in [0.25, 0.3) is 0 Å². The van der Waals surface area contributed by atoms with Gasteiger partial charge in [-0.1, -0.05) is 0 Å². The number of hydrogen-bond acceptors (Lipinski definition) is 2. The van der Waals surface area contributed by atoms with Crippen LogP contribution in [0.25, 0.3) is 0 Å². The van der Waals surface area contributed by atoms with E-state index in [-0.39, 0.29) is 0 Å². The Bertz CT molecular complexity index is 860. The predicted octanol–water partition coefficient (Wildman–Crippen LogP) is 6.79. The molecular formula is C20H15F3INO. The Kier molecular flexibility index (Phi) is 5.41. The van der Waals surface area contributed by atoms with E-state index in [4.69, 9.17) is 4.74 Å². The molecule has 0 unspecified atom stereocenters. The van der Waals surface area contributed by atoms with Crippen LogP contribution >= 0.6 is 22.6 Å². The van der Waals surface area contributed by atoms with Crippen molar-refractivity contribution < 1.29 is 17.9 Å². The van der Waals surface area contributed by atoms with E-state index < -0.39 is 11.7 Å². The summed E-state index contributed by atoms with van der Waals surface area (Å²) in [6.07, 6.45) is -4.35. The van der Waals surface area contributed by atoms with E-state index in [2.05, 4.69) is 22.6 Å². The van der Waals surface area contributed by atoms with Gasteiger partial charge in [-0.05, 0) is 95.4 Å². The topological polar surface area (TPSA) is 12.5 Å². The summed E-state index contributed by atoms with van der Waals surface area (Å²) >= 11 is 2.21. The van der Waals surface area contributed by atoms with Crippen LogP contribution in [0, 0.1) is 3.57 Å². The molecule has 0 heterocycles. The van der Waals surface area contributed by atoms with Crippen LogP contribution in [0.4, 0.5) is 30.2 Å². The summed E-state index contributed by atoms with van der Waals surface area (Å²) in [5.74, 6) is 0.712. The summed E-state index contributed by atoms with van der Waals surface area (Å²) in [7, 11) is 1.59. The van der Waals surface area contributed by atoms with Crippen LogP contribution in [0.2, 0.25) is 0 Å². The molecule has 3 aromatic rings. The van der Waals surface area contributed by atoms with Crippen molar-refractivity contribution in [1.29, 1.82) is 0 Å². The first kappa shape index (κ1) is 18.6. The molecule has 3 rings (SSSR count). The molecule has 0 saturated carbocycles. The summed E-state index contributed by atoms with van der Waals surface area (Å²) in [6, 6.07) is 20.3. The van der Waals surface area contributed by atoms with Crippen molar-refractivity contribution in [2.24, 2.45) is 0 Å². The molecular weight excluding hydrogens is 454 g/mol. The Morgan fingerprint density at radius 1 is 0.731 bits per heavy atom. The molecule has 0 amide bonds. The average Bonchev–Trinajstić information content (AvgIpc) is 2.64. The number of anilines is 3. The van der Waals surface area contributed by atoms with Crippen molar-refractivity contribution >= 4 is 39.7 Å². The molecule has 0 N–H and O–H groups in total. The predicted molar refractivity (Wildman–Crippen MR) is 105 cm³/mol. The molecule has 6 heteroatoms. The Balaban J connectivity index is 2.06. The van der Waals surface area contributed by atoms with Gasteiger partial charge in [-0.2, -0.15) is 13.2 Å². The molecule has 134 valence electrons. The van der Waals surface area contributed by atoms with Gasteiger partial charge in [0, 0.05) is 20.6 Å². The Morgan fingerprint density at radius 3 is 1.58 bits per heavy atom. The van der Waals surface area contributed by atoms with Crippen molar-refractivity contribution in [2.45, 2.75) is 6.18 Å². The number of halogens is 4. The van der Waals surface area contributed by atoms with E-state index in [1.165, 1.54) is 12.1 Å². The second-order valence-electron chi connectivity index (χ2n) is 5.55. The highest BCUT2D eigenvalue weighted by Crippen LogP contribution is 2.37. The fourth-order valence-corrected chi connectivity index (χ4v) is 2.93. The van der Waals surface area contributed by atoms with Crippen LogP contribution < -0.4 is 9.64 Å². The summed E-state index contributed by atoms with van der Waals surface area (Å²) in [5, 5.41) is 0. The van der Waals surface area contributed by atoms with Gasteiger partial charge in [0.1, 0.15) is 5.75 Å². The standard InChI is InChI=1S/C20H15F3INO/c1-26-19-12-10-18(11-13-19)25(17-8-4-15(24)5-9-17)16-6-2-14(3-7-16)20(21,22)23/h2-13H,1H3. The van der Waals surface area contributed by atoms with Gasteiger partial charge >= 0.3 is 6.18 Å². The number of nitrogens with zero attached hydrogens (tertiary/aromatic N) is 1. The van der Waals surface area contributed by atoms with Gasteiger partial charge in [0.15, 0.2) is 0 Å². The lowest BCUT2D eigenvalue weighted by Gasteiger charge is -2.26. The Labute approximate surface area is 163 Å². The van der Waals surface area contributed by atoms with E-state index in [9.17, 15) is 13.2 Å². The minimum atomic E-state index is -4.35. The lowest BCUT2D eigenvalue weighted by Crippen LogP contribution is -2.11. The van der Waals surface area contributed by atoms with E-state index in [0.717, 1.165) is 27.1 Å². The largest absolute Gasteiger partial charge is 0.497 e. The van der Waals surface area contributed by atoms with E-state index >= 15 is 0 Å². The van der Waals surface area contributed by atoms with Gasteiger partial charge in [0.05, 0.1) is 12.7 Å². The highest BCUT2D eigenvalue weighted by molar-refractivity contribution is 14.1. The quantitative estimate of drug-likeness (QED) is 0.391. The maximum absolute atomic E-state index is 12.9. The third kappa shape index (κ3) is 4.12. The summed E-state index contributed by atoms with van der Waals surface area (Å²) in [5.41, 5.74) is 1.66. The van der Waals surface area contributed by atoms with Gasteiger partial charge in [0.2, 0.25) is 0 Å². The Morgan fingerprint density at radius 2 is 1.15 bits per heavy atom. The van der Waals surface area contributed by atoms with Gasteiger partial charge < -0.3 is 9.64 Å². The van der Waals surface area contributed by atoms with Gasteiger partial charge in [-0.3, -0.25) is 0 Å². The van der Waals surface area contributed by atoms with Gasteiger partial charge in [-0.25, -0.2) is 0 Å². The van der Waals surface area contributed by atoms with Crippen LogP contribution in [-0.2, 0) is 6.18 Å². The van der Waals surface area contributed by atoms with Crippen LogP contribution in [0.5, 0.6) is 5.75 Å². The fraction of sp³-hybridized carbons (Fsp3) is 0.100. The highest BCUT2D eigenvalue weighted by atomic mass is 127. The number of alkyl halides is 3. The minimum absolute atomic E-state index is 0.643. The first-order chi connectivity index (χ1) is 12.4. The third-order valence-corrected chi connectivity index (χ3v) is 4.59. The number of ether oxygens (including phenoxy) is 1. The van der Waals surface area contributed by atoms with Crippen molar-refractivity contribution in [3.8, 4) is 5.75 Å². The van der Waals surface area contributed by atoms with Crippen LogP contribution in [0.15, 0.2) is 72.8 Å². The van der Waals surface area contributed by atoms with Crippen molar-refractivity contribution in [3.05, 3.63) is 81.9 Å². The maximum Gasteiger partial charge on any atom is 0.416 e. The molecule has 26 heavy (non-hydrogen) atoms. The lowest BCUT2D eigenvalue weighted by atomic mass is 10.1. The number of benzene rings is 3. The summed E-state index contributed by atoms with van der Waals surface area (Å²) in [6.45, 7) is 0. The van der Waals surface area contributed by atoms with E-state index in [0.29, 0.717) is 11.4 Å². The molecule has 2 nitrogen and oxygen atoms in total. The Hall–Kier alpha value is -2.22. The highest BCUT2D eigenvalue weighted by Gasteiger charge is 2.30. The zero-order valence-corrected chi connectivity index (χ0v) is 16.0. The third-order valence-electron chi connectivity index (χ3n) is 3.87. The van der Waals surface area contributed by atoms with Crippen LogP contribution in [-0.4, -0.2) is 7.11 Å². The normalized spacial score (nSPS) is 11.3. The molecule has 0 bridgehead atoms. The van der Waals surface area contributed by atoms with Crippen molar-refractivity contribution in [2.75, 3.05) is 12.0 Å². The van der Waals surface area contributed by atoms with Crippen molar-refractivity contribution in [1.82, 2.24) is 0 Å². The summed E-state index contributed by atoms with van der Waals surface area (Å²) < 4.78 is 44.9. The minimum Gasteiger partial charge on any atom is -0.497 e. The van der Waals surface area contributed by atoms with Gasteiger partial charge in [-0.15, -0.1) is 0 Å². The number of rotatable bonds is 4. The molecule has 0 aliphatic rings. The molecule has 0 aliphatic heterocycles.